The van der Waals surface area contributed by atoms with Gasteiger partial charge in [0.05, 0.1) is 12.6 Å². The lowest BCUT2D eigenvalue weighted by Crippen LogP contribution is -2.38. The topological polar surface area (TPSA) is 58.6 Å². The van der Waals surface area contributed by atoms with E-state index in [4.69, 9.17) is 4.74 Å². The second-order valence-electron chi connectivity index (χ2n) is 5.45. The van der Waals surface area contributed by atoms with Gasteiger partial charge in [-0.2, -0.15) is 0 Å². The molecule has 4 heteroatoms. The Bertz CT molecular complexity index is 610. The zero-order valence-electron chi connectivity index (χ0n) is 13.5. The molecular formula is C19H23NO3. The summed E-state index contributed by atoms with van der Waals surface area (Å²) in [5.41, 5.74) is 3.06. The Morgan fingerprint density at radius 2 is 1.78 bits per heavy atom. The Morgan fingerprint density at radius 1 is 1.13 bits per heavy atom. The number of esters is 1. The molecule has 2 aromatic rings. The van der Waals surface area contributed by atoms with Crippen molar-refractivity contribution < 1.29 is 14.6 Å². The van der Waals surface area contributed by atoms with Crippen LogP contribution in [0.2, 0.25) is 0 Å². The zero-order valence-corrected chi connectivity index (χ0v) is 13.5. The minimum atomic E-state index is -1.25. The van der Waals surface area contributed by atoms with Gasteiger partial charge >= 0.3 is 5.97 Å². The van der Waals surface area contributed by atoms with Crippen LogP contribution in [0.5, 0.6) is 0 Å². The van der Waals surface area contributed by atoms with E-state index < -0.39 is 18.1 Å². The largest absolute Gasteiger partial charge is 0.464 e. The molecule has 0 aliphatic heterocycles. The number of hydrogen-bond donors (Lipinski definition) is 2. The number of carbonyl (C=O) groups excluding carboxylic acids is 1. The van der Waals surface area contributed by atoms with Gasteiger partial charge in [0.2, 0.25) is 0 Å². The highest BCUT2D eigenvalue weighted by molar-refractivity contribution is 5.75. The van der Waals surface area contributed by atoms with E-state index in [1.807, 2.05) is 61.5 Å². The third-order valence-corrected chi connectivity index (χ3v) is 3.65. The van der Waals surface area contributed by atoms with Crippen molar-refractivity contribution in [2.45, 2.75) is 32.5 Å². The van der Waals surface area contributed by atoms with Crippen LogP contribution < -0.4 is 5.32 Å². The van der Waals surface area contributed by atoms with Gasteiger partial charge in [0.1, 0.15) is 0 Å². The molecule has 0 heterocycles. The molecule has 4 nitrogen and oxygen atoms in total. The molecule has 0 aromatic heterocycles. The Morgan fingerprint density at radius 3 is 2.39 bits per heavy atom. The van der Waals surface area contributed by atoms with Crippen LogP contribution >= 0.6 is 0 Å². The molecule has 0 radical (unpaired) electrons. The van der Waals surface area contributed by atoms with Crippen LogP contribution in [0.4, 0.5) is 0 Å². The molecule has 122 valence electrons. The van der Waals surface area contributed by atoms with Crippen LogP contribution in [-0.2, 0) is 16.1 Å². The van der Waals surface area contributed by atoms with E-state index in [9.17, 15) is 9.90 Å². The van der Waals surface area contributed by atoms with Gasteiger partial charge in [-0.3, -0.25) is 0 Å². The maximum atomic E-state index is 11.9. The summed E-state index contributed by atoms with van der Waals surface area (Å²) in [7, 11) is 0. The second-order valence-corrected chi connectivity index (χ2v) is 5.45. The molecule has 2 aromatic carbocycles. The second kappa shape index (κ2) is 8.46. The summed E-state index contributed by atoms with van der Waals surface area (Å²) in [6, 6.07) is 17.1. The van der Waals surface area contributed by atoms with E-state index in [1.54, 1.807) is 6.92 Å². The number of aliphatic hydroxyl groups excluding tert-OH is 1. The molecule has 0 saturated carbocycles. The number of benzene rings is 2. The van der Waals surface area contributed by atoms with Crippen LogP contribution in [0.3, 0.4) is 0 Å². The number of ether oxygens (including phenoxy) is 1. The lowest BCUT2D eigenvalue weighted by atomic mass is 9.99. The fraction of sp³-hybridized carbons (Fsp3) is 0.316. The molecule has 0 aliphatic carbocycles. The highest BCUT2D eigenvalue weighted by atomic mass is 16.5. The monoisotopic (exact) mass is 313 g/mol. The van der Waals surface area contributed by atoms with E-state index in [1.165, 1.54) is 0 Å². The van der Waals surface area contributed by atoms with Gasteiger partial charge in [0.25, 0.3) is 0 Å². The van der Waals surface area contributed by atoms with Crippen LogP contribution in [0.25, 0.3) is 0 Å². The first-order chi connectivity index (χ1) is 11.1. The molecule has 2 atom stereocenters. The number of nitrogens with one attached hydrogen (secondary N) is 1. The zero-order chi connectivity index (χ0) is 16.7. The summed E-state index contributed by atoms with van der Waals surface area (Å²) in [6.07, 6.45) is -1.25. The van der Waals surface area contributed by atoms with Crippen molar-refractivity contribution in [3.63, 3.8) is 0 Å². The quantitative estimate of drug-likeness (QED) is 0.772. The Kier molecular flexibility index (Phi) is 6.32. The summed E-state index contributed by atoms with van der Waals surface area (Å²) in [5, 5.41) is 13.6. The van der Waals surface area contributed by atoms with Gasteiger partial charge < -0.3 is 15.2 Å². The summed E-state index contributed by atoms with van der Waals surface area (Å²) < 4.78 is 4.95. The van der Waals surface area contributed by atoms with Crippen molar-refractivity contribution in [1.82, 2.24) is 5.32 Å². The molecule has 0 fully saturated rings. The molecule has 0 amide bonds. The molecular weight excluding hydrogens is 290 g/mol. The molecule has 2 rings (SSSR count). The number of carbonyl (C=O) groups is 1. The third kappa shape index (κ3) is 4.91. The molecule has 0 aliphatic rings. The minimum Gasteiger partial charge on any atom is -0.464 e. The normalized spacial score (nSPS) is 13.3. The maximum Gasteiger partial charge on any atom is 0.336 e. The van der Waals surface area contributed by atoms with Gasteiger partial charge in [0.15, 0.2) is 6.10 Å². The lowest BCUT2D eigenvalue weighted by Gasteiger charge is -2.23. The number of aryl methyl sites for hydroxylation is 1. The highest BCUT2D eigenvalue weighted by Crippen LogP contribution is 2.20. The summed E-state index contributed by atoms with van der Waals surface area (Å²) in [5.74, 6) is -0.612. The van der Waals surface area contributed by atoms with Crippen molar-refractivity contribution >= 4 is 5.97 Å². The maximum absolute atomic E-state index is 11.9. The molecule has 0 saturated heterocycles. The van der Waals surface area contributed by atoms with Crippen LogP contribution in [0.1, 0.15) is 29.7 Å². The van der Waals surface area contributed by atoms with Crippen molar-refractivity contribution in [1.29, 1.82) is 0 Å². The first kappa shape index (κ1) is 17.2. The highest BCUT2D eigenvalue weighted by Gasteiger charge is 2.28. The Balaban J connectivity index is 2.16. The molecule has 0 bridgehead atoms. The average Bonchev–Trinajstić information content (AvgIpc) is 2.57. The predicted molar refractivity (Wildman–Crippen MR) is 89.8 cm³/mol. The van der Waals surface area contributed by atoms with Crippen LogP contribution in [-0.4, -0.2) is 23.8 Å². The first-order valence-corrected chi connectivity index (χ1v) is 7.80. The fourth-order valence-corrected chi connectivity index (χ4v) is 2.37. The minimum absolute atomic E-state index is 0.245. The van der Waals surface area contributed by atoms with Crippen molar-refractivity contribution in [3.05, 3.63) is 71.3 Å². The van der Waals surface area contributed by atoms with Gasteiger partial charge in [-0.15, -0.1) is 0 Å². The van der Waals surface area contributed by atoms with E-state index in [2.05, 4.69) is 5.32 Å². The Labute approximate surface area is 137 Å². The van der Waals surface area contributed by atoms with Gasteiger partial charge in [-0.25, -0.2) is 4.79 Å². The molecule has 23 heavy (non-hydrogen) atoms. The van der Waals surface area contributed by atoms with Crippen LogP contribution in [0.15, 0.2) is 54.6 Å². The smallest absolute Gasteiger partial charge is 0.336 e. The number of hydrogen-bond acceptors (Lipinski definition) is 4. The molecule has 0 unspecified atom stereocenters. The average molecular weight is 313 g/mol. The van der Waals surface area contributed by atoms with E-state index in [-0.39, 0.29) is 6.61 Å². The van der Waals surface area contributed by atoms with Crippen molar-refractivity contribution in [3.8, 4) is 0 Å². The predicted octanol–water partition coefficient (Wildman–Crippen LogP) is 2.75. The SMILES string of the molecule is CCOC(=O)[C@H](O)[C@@H](NCc1ccccc1)c1ccc(C)cc1. The standard InChI is InChI=1S/C19H23NO3/c1-3-23-19(22)18(21)17(16-11-9-14(2)10-12-16)20-13-15-7-5-4-6-8-15/h4-12,17-18,20-21H,3,13H2,1-2H3/t17-,18+/m0/s1. The Hall–Kier alpha value is -2.17. The van der Waals surface area contributed by atoms with E-state index in [0.29, 0.717) is 6.54 Å². The van der Waals surface area contributed by atoms with Gasteiger partial charge in [0, 0.05) is 6.54 Å². The third-order valence-electron chi connectivity index (χ3n) is 3.65. The first-order valence-electron chi connectivity index (χ1n) is 7.80. The summed E-state index contributed by atoms with van der Waals surface area (Å²) >= 11 is 0. The van der Waals surface area contributed by atoms with Crippen LogP contribution in [0, 0.1) is 6.92 Å². The lowest BCUT2D eigenvalue weighted by molar-refractivity contribution is -0.154. The number of aliphatic hydroxyl groups is 1. The molecule has 0 spiro atoms. The van der Waals surface area contributed by atoms with Gasteiger partial charge in [-0.1, -0.05) is 60.2 Å². The van der Waals surface area contributed by atoms with E-state index >= 15 is 0 Å². The molecule has 2 N–H and O–H groups in total. The fourth-order valence-electron chi connectivity index (χ4n) is 2.37. The summed E-state index contributed by atoms with van der Waals surface area (Å²) in [4.78, 5) is 11.9. The van der Waals surface area contributed by atoms with Crippen molar-refractivity contribution in [2.75, 3.05) is 6.61 Å². The summed E-state index contributed by atoms with van der Waals surface area (Å²) in [6.45, 7) is 4.52. The van der Waals surface area contributed by atoms with Crippen molar-refractivity contribution in [2.24, 2.45) is 0 Å². The van der Waals surface area contributed by atoms with E-state index in [0.717, 1.165) is 16.7 Å². The van der Waals surface area contributed by atoms with Gasteiger partial charge in [-0.05, 0) is 25.0 Å². The number of rotatable bonds is 7.